The van der Waals surface area contributed by atoms with Crippen LogP contribution in [0.15, 0.2) is 0 Å². The van der Waals surface area contributed by atoms with Crippen molar-refractivity contribution in [3.8, 4) is 5.75 Å². The molecule has 108 heavy (non-hydrogen) atoms. The van der Waals surface area contributed by atoms with Crippen LogP contribution in [0.5, 0.6) is 5.75 Å². The average Bonchev–Trinajstić information content (AvgIpc) is 0.798. The Bertz CT molecular complexity index is 2820. The summed E-state index contributed by atoms with van der Waals surface area (Å²) in [4.78, 5) is 139. The van der Waals surface area contributed by atoms with E-state index >= 15 is 0 Å². The molecular weight excluding hydrogens is 1440 g/mol. The predicted molar refractivity (Wildman–Crippen MR) is 374 cm³/mol. The zero-order valence-corrected chi connectivity index (χ0v) is 64.6. The molecule has 28 nitrogen and oxygen atoms in total. The first-order valence-electron chi connectivity index (χ1n) is 37.7. The van der Waals surface area contributed by atoms with Crippen molar-refractivity contribution in [1.82, 2.24) is 21.3 Å². The summed E-state index contributed by atoms with van der Waals surface area (Å²) in [5.41, 5.74) is -1.43. The number of amides is 4. The highest BCUT2D eigenvalue weighted by Crippen LogP contribution is 2.38. The lowest BCUT2D eigenvalue weighted by Crippen LogP contribution is -2.53. The Kier molecular flexibility index (Phi) is 41.8. The van der Waals surface area contributed by atoms with Crippen LogP contribution >= 0.6 is 0 Å². The summed E-state index contributed by atoms with van der Waals surface area (Å²) in [6.07, 6.45) is -0.906. The van der Waals surface area contributed by atoms with E-state index in [-0.39, 0.29) is 120 Å². The van der Waals surface area contributed by atoms with Gasteiger partial charge in [-0.15, -0.1) is 0 Å². The highest BCUT2D eigenvalue weighted by molar-refractivity contribution is 5.81. The molecule has 4 N–H and O–H groups in total. The second-order valence-electron chi connectivity index (χ2n) is 28.4. The molecule has 3 saturated heterocycles. The minimum absolute atomic E-state index is 0.0923. The maximum atomic E-state index is 14.4. The maximum Gasteiger partial charge on any atom is 0.311 e. The van der Waals surface area contributed by atoms with Gasteiger partial charge >= 0.3 is 41.8 Å². The summed E-state index contributed by atoms with van der Waals surface area (Å²) < 4.78 is 144. The van der Waals surface area contributed by atoms with E-state index in [4.69, 9.17) is 56.8 Å². The van der Waals surface area contributed by atoms with Gasteiger partial charge in [0.2, 0.25) is 58.5 Å². The van der Waals surface area contributed by atoms with Crippen LogP contribution in [0.1, 0.15) is 218 Å². The van der Waals surface area contributed by atoms with Crippen LogP contribution in [0.25, 0.3) is 0 Å². The summed E-state index contributed by atoms with van der Waals surface area (Å²) >= 11 is 0. The molecule has 3 heterocycles. The van der Waals surface area contributed by atoms with Crippen LogP contribution in [0, 0.1) is 64.6 Å². The van der Waals surface area contributed by atoms with Gasteiger partial charge in [-0.05, 0) is 64.2 Å². The summed E-state index contributed by atoms with van der Waals surface area (Å²) in [7, 11) is 0. The van der Waals surface area contributed by atoms with Crippen LogP contribution in [0.4, 0.5) is 22.0 Å². The number of nitrogens with one attached hydrogen (secondary N) is 4. The second-order valence-corrected chi connectivity index (χ2v) is 28.4. The SMILES string of the molecule is CC(=O)OCC1OC(OCCCCCCNC(=O)CCC(CCC(=O)NCCCCCCOC2OC(COC(C)=O)C(OC(C)=O)C(C)C2C)(CCC(=O)NCCCCCCOC2OC(COC(C)=O)C(OC(C)=O)C(C)C2C)NC(=O)CCCC(=O)Oc2c(F)c(F)c(F)c(F)c2F)C(C)C(C)C1OC(C)=O. The van der Waals surface area contributed by atoms with E-state index in [2.05, 4.69) is 26.0 Å². The molecule has 0 radical (unpaired) electrons. The second kappa shape index (κ2) is 48.4. The fourth-order valence-corrected chi connectivity index (χ4v) is 13.0. The fourth-order valence-electron chi connectivity index (χ4n) is 13.0. The zero-order chi connectivity index (χ0) is 80.2. The molecule has 0 saturated carbocycles. The van der Waals surface area contributed by atoms with Gasteiger partial charge in [0.1, 0.15) is 56.4 Å². The Balaban J connectivity index is 1.41. The van der Waals surface area contributed by atoms with E-state index < -0.39 is 174 Å². The number of carbonyl (C=O) groups excluding carboxylic acids is 11. The quantitative estimate of drug-likeness (QED) is 0.00897. The Labute approximate surface area is 629 Å². The van der Waals surface area contributed by atoms with Gasteiger partial charge in [0, 0.05) is 154 Å². The van der Waals surface area contributed by atoms with Crippen molar-refractivity contribution in [2.45, 2.75) is 279 Å². The van der Waals surface area contributed by atoms with Gasteiger partial charge in [0.05, 0.1) is 0 Å². The maximum absolute atomic E-state index is 14.4. The lowest BCUT2D eigenvalue weighted by molar-refractivity contribution is -0.273. The van der Waals surface area contributed by atoms with Crippen LogP contribution < -0.4 is 26.0 Å². The summed E-state index contributed by atoms with van der Waals surface area (Å²) in [6, 6.07) is 0. The standard InChI is InChI=1S/C75H115F5N4O24/c1-43-46(4)72(105-55(40-99-49(7)85)68(43)102-52(10)88)96-37-22-16-13-19-34-81-58(91)28-31-75(84-61(94)26-25-27-62(95)108-71-66(79)64(77)63(76)65(78)67(71)80,32-29-59(92)82-35-20-14-17-23-38-97-73-47(5)44(2)69(103-53(11)89)56(106-73)41-100-50(8)86)33-30-60(93)83-36-21-15-18-24-39-98-74-48(6)45(3)70(104-54(12)90)57(107-74)42-101-51(9)87/h43-48,55-57,68-70,72-74H,13-42H2,1-12H3,(H,81,91)(H,82,92)(H,83,93)(H,84,94). The molecule has 0 aromatic heterocycles. The van der Waals surface area contributed by atoms with Crippen molar-refractivity contribution in [2.24, 2.45) is 35.5 Å². The molecule has 614 valence electrons. The van der Waals surface area contributed by atoms with Gasteiger partial charge in [-0.3, -0.25) is 52.7 Å². The molecule has 1 aromatic carbocycles. The molecule has 33 heteroatoms. The summed E-state index contributed by atoms with van der Waals surface area (Å²) in [5.74, 6) is -21.3. The minimum Gasteiger partial charge on any atom is -0.463 e. The molecule has 0 spiro atoms. The van der Waals surface area contributed by atoms with E-state index in [1.165, 1.54) is 41.5 Å². The number of benzene rings is 1. The monoisotopic (exact) mass is 1550 g/mol. The van der Waals surface area contributed by atoms with Crippen molar-refractivity contribution in [1.29, 1.82) is 0 Å². The molecule has 3 fully saturated rings. The number of rotatable bonds is 48. The minimum atomic E-state index is -2.46. The Morgan fingerprint density at radius 2 is 0.648 bits per heavy atom. The average molecular weight is 1550 g/mol. The summed E-state index contributed by atoms with van der Waals surface area (Å²) in [6.45, 7) is 20.5. The van der Waals surface area contributed by atoms with E-state index in [1.54, 1.807) is 0 Å². The molecule has 4 rings (SSSR count). The highest BCUT2D eigenvalue weighted by Gasteiger charge is 2.48. The predicted octanol–water partition coefficient (Wildman–Crippen LogP) is 9.21. The number of halogens is 5. The Morgan fingerprint density at radius 1 is 0.352 bits per heavy atom. The molecule has 1 aromatic rings. The normalized spacial score (nSPS) is 24.5. The van der Waals surface area contributed by atoms with Crippen molar-refractivity contribution in [2.75, 3.05) is 59.3 Å². The van der Waals surface area contributed by atoms with Crippen molar-refractivity contribution < 1.29 is 136 Å². The number of hydrogen-bond acceptors (Lipinski definition) is 24. The molecule has 0 aliphatic carbocycles. The van der Waals surface area contributed by atoms with Gasteiger partial charge < -0.3 is 82.8 Å². The number of ether oxygens (including phenoxy) is 13. The van der Waals surface area contributed by atoms with E-state index in [0.717, 1.165) is 0 Å². The third-order valence-corrected chi connectivity index (χ3v) is 19.7. The zero-order valence-electron chi connectivity index (χ0n) is 64.6. The number of esters is 7. The first kappa shape index (κ1) is 93.2. The van der Waals surface area contributed by atoms with Gasteiger partial charge in [0.15, 0.2) is 18.9 Å². The van der Waals surface area contributed by atoms with Gasteiger partial charge in [-0.2, -0.15) is 8.78 Å². The van der Waals surface area contributed by atoms with E-state index in [0.29, 0.717) is 96.9 Å². The largest absolute Gasteiger partial charge is 0.463 e. The third-order valence-electron chi connectivity index (χ3n) is 19.7. The highest BCUT2D eigenvalue weighted by atomic mass is 19.2. The number of carbonyl (C=O) groups is 11. The first-order valence-corrected chi connectivity index (χ1v) is 37.7. The third kappa shape index (κ3) is 32.8. The van der Waals surface area contributed by atoms with Gasteiger partial charge in [0.25, 0.3) is 0 Å². The van der Waals surface area contributed by atoms with Crippen LogP contribution in [0.3, 0.4) is 0 Å². The number of unbranched alkanes of at least 4 members (excludes halogenated alkanes) is 9. The van der Waals surface area contributed by atoms with Gasteiger partial charge in [-0.25, -0.2) is 13.2 Å². The Morgan fingerprint density at radius 3 is 0.944 bits per heavy atom. The van der Waals surface area contributed by atoms with Crippen LogP contribution in [0.2, 0.25) is 0 Å². The smallest absolute Gasteiger partial charge is 0.311 e. The molecular formula is C75H115F5N4O24. The molecule has 3 aliphatic rings. The molecule has 4 amide bonds. The molecule has 3 aliphatic heterocycles. The summed E-state index contributed by atoms with van der Waals surface area (Å²) in [5, 5.41) is 11.6. The lowest BCUT2D eigenvalue weighted by Gasteiger charge is -2.43. The van der Waals surface area contributed by atoms with E-state index in [1.807, 2.05) is 41.5 Å². The lowest BCUT2D eigenvalue weighted by atomic mass is 9.82. The van der Waals surface area contributed by atoms with Gasteiger partial charge in [-0.1, -0.05) is 80.1 Å². The topological polar surface area (TPSA) is 356 Å². The van der Waals surface area contributed by atoms with Crippen molar-refractivity contribution in [3.63, 3.8) is 0 Å². The van der Waals surface area contributed by atoms with Crippen molar-refractivity contribution in [3.05, 3.63) is 29.1 Å². The molecule has 15 atom stereocenters. The van der Waals surface area contributed by atoms with Crippen LogP contribution in [-0.2, 0) is 110 Å². The van der Waals surface area contributed by atoms with E-state index in [9.17, 15) is 74.7 Å². The number of hydrogen-bond donors (Lipinski definition) is 4. The molecule has 15 unspecified atom stereocenters. The van der Waals surface area contributed by atoms with Crippen molar-refractivity contribution >= 4 is 65.4 Å². The first-order chi connectivity index (χ1) is 51.1. The molecule has 0 bridgehead atoms. The fraction of sp³-hybridized carbons (Fsp3) is 0.773. The Hall–Kier alpha value is -7.20. The van der Waals surface area contributed by atoms with Crippen LogP contribution in [-0.4, -0.2) is 186 Å².